The molecule has 3 heterocycles. The van der Waals surface area contributed by atoms with Crippen LogP contribution in [-0.2, 0) is 13.2 Å². The number of ether oxygens (including phenoxy) is 2. The molecule has 7 nitrogen and oxygen atoms in total. The molecule has 4 aromatic rings. The second-order valence-corrected chi connectivity index (χ2v) is 8.91. The Morgan fingerprint density at radius 2 is 1.88 bits per heavy atom. The number of methoxy groups -OCH3 is 1. The molecule has 0 radical (unpaired) electrons. The van der Waals surface area contributed by atoms with E-state index in [4.69, 9.17) is 9.47 Å². The van der Waals surface area contributed by atoms with E-state index >= 15 is 0 Å². The van der Waals surface area contributed by atoms with Crippen molar-refractivity contribution in [2.24, 2.45) is 0 Å². The minimum atomic E-state index is 0.0100. The van der Waals surface area contributed by atoms with E-state index in [2.05, 4.69) is 39.1 Å². The first-order valence-electron chi connectivity index (χ1n) is 11.2. The van der Waals surface area contributed by atoms with Crippen LogP contribution in [0.1, 0.15) is 21.6 Å². The van der Waals surface area contributed by atoms with Gasteiger partial charge in [-0.15, -0.1) is 11.3 Å². The molecule has 8 heteroatoms. The predicted molar refractivity (Wildman–Crippen MR) is 132 cm³/mol. The van der Waals surface area contributed by atoms with Gasteiger partial charge in [0.25, 0.3) is 5.91 Å². The number of hydrogen-bond donors (Lipinski definition) is 0. The van der Waals surface area contributed by atoms with Gasteiger partial charge in [-0.3, -0.25) is 14.7 Å². The van der Waals surface area contributed by atoms with Crippen LogP contribution in [0.3, 0.4) is 0 Å². The number of rotatable bonds is 7. The van der Waals surface area contributed by atoms with Gasteiger partial charge in [0.05, 0.1) is 23.8 Å². The molecule has 1 saturated heterocycles. The van der Waals surface area contributed by atoms with E-state index in [1.807, 2.05) is 22.5 Å². The van der Waals surface area contributed by atoms with Gasteiger partial charge in [0.1, 0.15) is 6.61 Å². The SMILES string of the molecule is COc1cc(C(=O)N2CCN(Cc3cccc4cccnc34)CC2)ccc1OCc1cscn1. The number of aromatic nitrogens is 2. The average molecular weight is 475 g/mol. The number of pyridine rings is 1. The van der Waals surface area contributed by atoms with Gasteiger partial charge in [-0.2, -0.15) is 0 Å². The molecule has 1 aliphatic heterocycles. The molecule has 5 rings (SSSR count). The second-order valence-electron chi connectivity index (χ2n) is 8.19. The summed E-state index contributed by atoms with van der Waals surface area (Å²) >= 11 is 1.53. The van der Waals surface area contributed by atoms with E-state index in [0.29, 0.717) is 36.8 Å². The predicted octanol–water partition coefficient (Wildman–Crippen LogP) is 4.24. The van der Waals surface area contributed by atoms with Crippen molar-refractivity contribution in [1.29, 1.82) is 0 Å². The van der Waals surface area contributed by atoms with E-state index in [1.165, 1.54) is 16.9 Å². The van der Waals surface area contributed by atoms with Crippen molar-refractivity contribution in [3.8, 4) is 11.5 Å². The highest BCUT2D eigenvalue weighted by Crippen LogP contribution is 2.29. The number of carbonyl (C=O) groups excluding carboxylic acids is 1. The van der Waals surface area contributed by atoms with Crippen LogP contribution in [0.15, 0.2) is 65.6 Å². The van der Waals surface area contributed by atoms with E-state index in [-0.39, 0.29) is 5.91 Å². The molecule has 1 fully saturated rings. The molecule has 0 spiro atoms. The minimum Gasteiger partial charge on any atom is -0.493 e. The highest BCUT2D eigenvalue weighted by Gasteiger charge is 2.23. The van der Waals surface area contributed by atoms with Gasteiger partial charge >= 0.3 is 0 Å². The van der Waals surface area contributed by atoms with Crippen LogP contribution in [0.25, 0.3) is 10.9 Å². The lowest BCUT2D eigenvalue weighted by atomic mass is 10.1. The Morgan fingerprint density at radius 3 is 2.68 bits per heavy atom. The smallest absolute Gasteiger partial charge is 0.254 e. The van der Waals surface area contributed by atoms with E-state index < -0.39 is 0 Å². The fraction of sp³-hybridized carbons (Fsp3) is 0.269. The largest absolute Gasteiger partial charge is 0.493 e. The van der Waals surface area contributed by atoms with Crippen LogP contribution in [0, 0.1) is 0 Å². The average Bonchev–Trinajstić information content (AvgIpc) is 3.41. The Labute approximate surface area is 202 Å². The lowest BCUT2D eigenvalue weighted by Crippen LogP contribution is -2.48. The molecule has 34 heavy (non-hydrogen) atoms. The Hall–Kier alpha value is -3.49. The molecular formula is C26H26N4O3S. The van der Waals surface area contributed by atoms with E-state index in [0.717, 1.165) is 36.2 Å². The van der Waals surface area contributed by atoms with Crippen LogP contribution >= 0.6 is 11.3 Å². The van der Waals surface area contributed by atoms with Gasteiger partial charge in [-0.1, -0.05) is 24.3 Å². The number of hydrogen-bond acceptors (Lipinski definition) is 7. The maximum Gasteiger partial charge on any atom is 0.254 e. The third kappa shape index (κ3) is 4.88. The molecule has 1 aliphatic rings. The summed E-state index contributed by atoms with van der Waals surface area (Å²) in [7, 11) is 1.58. The van der Waals surface area contributed by atoms with Gasteiger partial charge in [-0.25, -0.2) is 4.98 Å². The van der Waals surface area contributed by atoms with Crippen LogP contribution in [0.2, 0.25) is 0 Å². The summed E-state index contributed by atoms with van der Waals surface area (Å²) in [6.45, 7) is 4.20. The van der Waals surface area contributed by atoms with Crippen LogP contribution in [-0.4, -0.2) is 59.0 Å². The number of piperazine rings is 1. The third-order valence-corrected chi connectivity index (χ3v) is 6.67. The number of nitrogens with zero attached hydrogens (tertiary/aromatic N) is 4. The van der Waals surface area contributed by atoms with Gasteiger partial charge in [0.15, 0.2) is 11.5 Å². The molecule has 0 aliphatic carbocycles. The van der Waals surface area contributed by atoms with Gasteiger partial charge in [0.2, 0.25) is 0 Å². The first-order valence-corrected chi connectivity index (χ1v) is 12.2. The fourth-order valence-electron chi connectivity index (χ4n) is 4.21. The van der Waals surface area contributed by atoms with Crippen molar-refractivity contribution < 1.29 is 14.3 Å². The minimum absolute atomic E-state index is 0.0100. The van der Waals surface area contributed by atoms with Gasteiger partial charge in [0, 0.05) is 55.3 Å². The number of benzene rings is 2. The Kier molecular flexibility index (Phi) is 6.69. The molecule has 2 aromatic carbocycles. The Balaban J connectivity index is 1.20. The number of amides is 1. The van der Waals surface area contributed by atoms with E-state index in [9.17, 15) is 4.79 Å². The molecule has 0 saturated carbocycles. The quantitative estimate of drug-likeness (QED) is 0.399. The number of thiazole rings is 1. The first-order chi connectivity index (χ1) is 16.7. The van der Waals surface area contributed by atoms with Crippen molar-refractivity contribution in [1.82, 2.24) is 19.8 Å². The monoisotopic (exact) mass is 474 g/mol. The summed E-state index contributed by atoms with van der Waals surface area (Å²) in [6.07, 6.45) is 1.84. The number of carbonyl (C=O) groups is 1. The Bertz CT molecular complexity index is 1270. The van der Waals surface area contributed by atoms with Gasteiger partial charge in [-0.05, 0) is 29.8 Å². The fourth-order valence-corrected chi connectivity index (χ4v) is 4.75. The zero-order valence-electron chi connectivity index (χ0n) is 19.0. The van der Waals surface area contributed by atoms with Crippen LogP contribution < -0.4 is 9.47 Å². The normalized spacial score (nSPS) is 14.3. The standard InChI is InChI=1S/C26H26N4O3S/c1-32-24-14-20(7-8-23(24)33-16-22-17-34-18-28-22)26(31)30-12-10-29(11-13-30)15-21-5-2-4-19-6-3-9-27-25(19)21/h2-9,14,17-18H,10-13,15-16H2,1H3. The molecule has 0 bridgehead atoms. The highest BCUT2D eigenvalue weighted by atomic mass is 32.1. The summed E-state index contributed by atoms with van der Waals surface area (Å²) < 4.78 is 11.3. The third-order valence-electron chi connectivity index (χ3n) is 6.04. The highest BCUT2D eigenvalue weighted by molar-refractivity contribution is 7.07. The summed E-state index contributed by atoms with van der Waals surface area (Å²) in [6, 6.07) is 15.7. The topological polar surface area (TPSA) is 67.8 Å². The number of para-hydroxylation sites is 1. The maximum absolute atomic E-state index is 13.2. The molecular weight excluding hydrogens is 448 g/mol. The summed E-state index contributed by atoms with van der Waals surface area (Å²) in [5, 5.41) is 3.10. The van der Waals surface area contributed by atoms with Crippen LogP contribution in [0.4, 0.5) is 0 Å². The van der Waals surface area contributed by atoms with Crippen molar-refractivity contribution in [3.63, 3.8) is 0 Å². The zero-order valence-corrected chi connectivity index (χ0v) is 19.8. The number of fused-ring (bicyclic) bond motifs is 1. The molecule has 1 amide bonds. The van der Waals surface area contributed by atoms with Crippen molar-refractivity contribution in [2.75, 3.05) is 33.3 Å². The van der Waals surface area contributed by atoms with Crippen molar-refractivity contribution >= 4 is 28.1 Å². The second kappa shape index (κ2) is 10.2. The van der Waals surface area contributed by atoms with Crippen molar-refractivity contribution in [2.45, 2.75) is 13.2 Å². The van der Waals surface area contributed by atoms with Crippen molar-refractivity contribution in [3.05, 3.63) is 82.4 Å². The molecule has 2 aromatic heterocycles. The zero-order chi connectivity index (χ0) is 23.3. The van der Waals surface area contributed by atoms with Crippen LogP contribution in [0.5, 0.6) is 11.5 Å². The van der Waals surface area contributed by atoms with Gasteiger partial charge < -0.3 is 14.4 Å². The molecule has 174 valence electrons. The molecule has 0 N–H and O–H groups in total. The lowest BCUT2D eigenvalue weighted by molar-refractivity contribution is 0.0628. The Morgan fingerprint density at radius 1 is 1.03 bits per heavy atom. The summed E-state index contributed by atoms with van der Waals surface area (Å²) in [4.78, 5) is 26.2. The lowest BCUT2D eigenvalue weighted by Gasteiger charge is -2.35. The first kappa shape index (κ1) is 22.3. The summed E-state index contributed by atoms with van der Waals surface area (Å²) in [5.41, 5.74) is 5.51. The van der Waals surface area contributed by atoms with E-state index in [1.54, 1.807) is 30.8 Å². The molecule has 0 unspecified atom stereocenters. The maximum atomic E-state index is 13.2. The summed E-state index contributed by atoms with van der Waals surface area (Å²) in [5.74, 6) is 1.15. The molecule has 0 atom stereocenters.